The minimum atomic E-state index is -1.55. The molecule has 0 heterocycles. The molecule has 150 valence electrons. The maximum atomic E-state index is 9.76. The van der Waals surface area contributed by atoms with E-state index in [1.54, 1.807) is 20.3 Å². The number of fused-ring (bicyclic) bond motifs is 1. The zero-order valence-electron chi connectivity index (χ0n) is 17.7. The highest BCUT2D eigenvalue weighted by molar-refractivity contribution is 6.58. The van der Waals surface area contributed by atoms with Gasteiger partial charge in [-0.15, -0.1) is 0 Å². The largest absolute Gasteiger partial charge is 0.488 e. The molecule has 2 aromatic carbocycles. The van der Waals surface area contributed by atoms with Gasteiger partial charge < -0.3 is 19.5 Å². The quantitative estimate of drug-likeness (QED) is 0.612. The van der Waals surface area contributed by atoms with Crippen molar-refractivity contribution in [2.45, 2.75) is 57.7 Å². The molecule has 28 heavy (non-hydrogen) atoms. The molecule has 0 saturated heterocycles. The summed E-state index contributed by atoms with van der Waals surface area (Å²) in [5.41, 5.74) is 6.19. The summed E-state index contributed by atoms with van der Waals surface area (Å²) >= 11 is 0. The highest BCUT2D eigenvalue weighted by Crippen LogP contribution is 2.46. The van der Waals surface area contributed by atoms with Gasteiger partial charge in [0, 0.05) is 19.8 Å². The van der Waals surface area contributed by atoms with Crippen molar-refractivity contribution in [3.63, 3.8) is 0 Å². The first kappa shape index (κ1) is 21.1. The molecule has 0 radical (unpaired) electrons. The van der Waals surface area contributed by atoms with Crippen LogP contribution in [0.5, 0.6) is 0 Å². The average molecular weight is 382 g/mol. The average Bonchev–Trinajstić information content (AvgIpc) is 2.66. The summed E-state index contributed by atoms with van der Waals surface area (Å²) in [6.45, 7) is 9.22. The van der Waals surface area contributed by atoms with Crippen LogP contribution in [-0.4, -0.2) is 31.4 Å². The van der Waals surface area contributed by atoms with Crippen molar-refractivity contribution in [3.8, 4) is 11.1 Å². The number of methoxy groups -OCH3 is 2. The second-order valence-corrected chi connectivity index (χ2v) is 9.09. The monoisotopic (exact) mass is 382 g/mol. The lowest BCUT2D eigenvalue weighted by Crippen LogP contribution is -2.33. The fraction of sp³-hybridized carbons (Fsp3) is 0.478. The highest BCUT2D eigenvalue weighted by atomic mass is 16.7. The van der Waals surface area contributed by atoms with Crippen molar-refractivity contribution in [2.24, 2.45) is 0 Å². The molecule has 3 rings (SSSR count). The van der Waals surface area contributed by atoms with Crippen molar-refractivity contribution < 1.29 is 19.5 Å². The molecular formula is C23H31BO4. The first-order chi connectivity index (χ1) is 13.1. The predicted molar refractivity (Wildman–Crippen MR) is 114 cm³/mol. The third-order valence-corrected chi connectivity index (χ3v) is 6.16. The Labute approximate surface area is 168 Å². The van der Waals surface area contributed by atoms with E-state index in [1.165, 1.54) is 17.5 Å². The topological polar surface area (TPSA) is 58.9 Å². The highest BCUT2D eigenvalue weighted by Gasteiger charge is 2.37. The molecule has 0 aliphatic heterocycles. The Hall–Kier alpha value is -1.66. The fourth-order valence-corrected chi connectivity index (χ4v) is 4.27. The molecule has 0 bridgehead atoms. The Kier molecular flexibility index (Phi) is 5.75. The van der Waals surface area contributed by atoms with Crippen molar-refractivity contribution in [1.29, 1.82) is 0 Å². The summed E-state index contributed by atoms with van der Waals surface area (Å²) in [7, 11) is 1.58. The zero-order chi connectivity index (χ0) is 20.7. The fourth-order valence-electron chi connectivity index (χ4n) is 4.27. The summed E-state index contributed by atoms with van der Waals surface area (Å²) in [5.74, 6) is 0. The Bertz CT molecular complexity index is 854. The second-order valence-electron chi connectivity index (χ2n) is 9.09. The molecule has 0 saturated carbocycles. The van der Waals surface area contributed by atoms with Gasteiger partial charge >= 0.3 is 7.12 Å². The standard InChI is InChI=1S/C23H31BO4/c1-22(2)9-10-23(3,4)20-14-15(7-8-19(20)22)16-11-17(21(27-5)28-6)13-18(12-16)24(25)26/h7-8,11-14,21,25-26H,9-10H2,1-6H3. The lowest BCUT2D eigenvalue weighted by atomic mass is 9.63. The van der Waals surface area contributed by atoms with Gasteiger partial charge in [-0.05, 0) is 57.5 Å². The van der Waals surface area contributed by atoms with Gasteiger partial charge in [0.2, 0.25) is 0 Å². The van der Waals surface area contributed by atoms with Crippen molar-refractivity contribution in [3.05, 3.63) is 53.1 Å². The first-order valence-corrected chi connectivity index (χ1v) is 9.81. The molecule has 2 N–H and O–H groups in total. The van der Waals surface area contributed by atoms with Crippen LogP contribution in [-0.2, 0) is 20.3 Å². The molecule has 2 aromatic rings. The maximum Gasteiger partial charge on any atom is 0.488 e. The van der Waals surface area contributed by atoms with Gasteiger partial charge in [0.1, 0.15) is 0 Å². The van der Waals surface area contributed by atoms with Crippen molar-refractivity contribution in [2.75, 3.05) is 14.2 Å². The molecule has 4 nitrogen and oxygen atoms in total. The van der Waals surface area contributed by atoms with E-state index in [0.29, 0.717) is 5.46 Å². The van der Waals surface area contributed by atoms with Gasteiger partial charge in [-0.25, -0.2) is 0 Å². The van der Waals surface area contributed by atoms with Crippen LogP contribution in [0.25, 0.3) is 11.1 Å². The van der Waals surface area contributed by atoms with Crippen LogP contribution in [0.4, 0.5) is 0 Å². The van der Waals surface area contributed by atoms with Gasteiger partial charge in [-0.2, -0.15) is 0 Å². The maximum absolute atomic E-state index is 9.76. The Morgan fingerprint density at radius 2 is 1.43 bits per heavy atom. The molecule has 1 aliphatic carbocycles. The number of rotatable bonds is 5. The van der Waals surface area contributed by atoms with Crippen LogP contribution in [0.1, 0.15) is 63.5 Å². The van der Waals surface area contributed by atoms with E-state index >= 15 is 0 Å². The van der Waals surface area contributed by atoms with E-state index in [0.717, 1.165) is 23.1 Å². The zero-order valence-corrected chi connectivity index (χ0v) is 17.7. The lowest BCUT2D eigenvalue weighted by molar-refractivity contribution is -0.105. The summed E-state index contributed by atoms with van der Waals surface area (Å²) in [6.07, 6.45) is 1.75. The minimum absolute atomic E-state index is 0.111. The Morgan fingerprint density at radius 3 is 2.00 bits per heavy atom. The second kappa shape index (κ2) is 7.64. The van der Waals surface area contributed by atoms with Crippen LogP contribution in [0, 0.1) is 0 Å². The molecule has 0 fully saturated rings. The molecule has 0 amide bonds. The minimum Gasteiger partial charge on any atom is -0.423 e. The molecule has 5 heteroatoms. The molecule has 0 atom stereocenters. The third-order valence-electron chi connectivity index (χ3n) is 6.16. The predicted octanol–water partition coefficient (Wildman–Crippen LogP) is 3.67. The van der Waals surface area contributed by atoms with Crippen LogP contribution < -0.4 is 5.46 Å². The third kappa shape index (κ3) is 3.90. The van der Waals surface area contributed by atoms with E-state index in [-0.39, 0.29) is 10.8 Å². The summed E-state index contributed by atoms with van der Waals surface area (Å²) in [4.78, 5) is 0. The summed E-state index contributed by atoms with van der Waals surface area (Å²) in [5, 5.41) is 19.5. The van der Waals surface area contributed by atoms with E-state index in [1.807, 2.05) is 12.1 Å². The molecule has 0 spiro atoms. The lowest BCUT2D eigenvalue weighted by Gasteiger charge is -2.42. The SMILES string of the molecule is COC(OC)c1cc(B(O)O)cc(-c2ccc3c(c2)C(C)(C)CCC3(C)C)c1. The molecular weight excluding hydrogens is 351 g/mol. The Balaban J connectivity index is 2.16. The van der Waals surface area contributed by atoms with E-state index in [2.05, 4.69) is 45.9 Å². The number of ether oxygens (including phenoxy) is 2. The van der Waals surface area contributed by atoms with E-state index in [4.69, 9.17) is 9.47 Å². The van der Waals surface area contributed by atoms with Crippen LogP contribution in [0.15, 0.2) is 36.4 Å². The Morgan fingerprint density at radius 1 is 0.821 bits per heavy atom. The van der Waals surface area contributed by atoms with Gasteiger partial charge in [-0.1, -0.05) is 58.0 Å². The first-order valence-electron chi connectivity index (χ1n) is 9.81. The van der Waals surface area contributed by atoms with E-state index in [9.17, 15) is 10.0 Å². The summed E-state index contributed by atoms with van der Waals surface area (Å²) < 4.78 is 10.8. The number of hydrogen-bond acceptors (Lipinski definition) is 4. The number of hydrogen-bond donors (Lipinski definition) is 2. The molecule has 1 aliphatic rings. The smallest absolute Gasteiger partial charge is 0.423 e. The van der Waals surface area contributed by atoms with E-state index < -0.39 is 13.4 Å². The van der Waals surface area contributed by atoms with Crippen LogP contribution >= 0.6 is 0 Å². The molecule has 0 unspecified atom stereocenters. The van der Waals surface area contributed by atoms with Crippen molar-refractivity contribution in [1.82, 2.24) is 0 Å². The van der Waals surface area contributed by atoms with Gasteiger partial charge in [0.15, 0.2) is 6.29 Å². The number of benzene rings is 2. The van der Waals surface area contributed by atoms with Crippen LogP contribution in [0.3, 0.4) is 0 Å². The normalized spacial score (nSPS) is 17.5. The van der Waals surface area contributed by atoms with Gasteiger partial charge in [0.25, 0.3) is 0 Å². The van der Waals surface area contributed by atoms with Gasteiger partial charge in [-0.3, -0.25) is 0 Å². The van der Waals surface area contributed by atoms with Crippen LogP contribution in [0.2, 0.25) is 0 Å². The summed E-state index contributed by atoms with van der Waals surface area (Å²) in [6, 6.07) is 12.1. The van der Waals surface area contributed by atoms with Crippen molar-refractivity contribution >= 4 is 12.6 Å². The van der Waals surface area contributed by atoms with Gasteiger partial charge in [0.05, 0.1) is 0 Å². The molecule has 0 aromatic heterocycles.